The summed E-state index contributed by atoms with van der Waals surface area (Å²) in [6, 6.07) is 9.87. The largest absolute Gasteiger partial charge is 0.497 e. The standard InChI is InChI=1S/C18H23N3O2/c1-3-14-8-4-5-10-21(14)18(22)17-12-16(19-20-17)13-7-6-9-15(11-13)23-2/h6-7,9,11-12,14H,3-5,8,10H2,1-2H3,(H,19,20)/t14-/m0/s1. The minimum absolute atomic E-state index is 0.0539. The Morgan fingerprint density at radius 1 is 1.39 bits per heavy atom. The number of rotatable bonds is 4. The number of likely N-dealkylation sites (tertiary alicyclic amines) is 1. The van der Waals surface area contributed by atoms with E-state index in [4.69, 9.17) is 4.74 Å². The second-order valence-electron chi connectivity index (χ2n) is 5.96. The van der Waals surface area contributed by atoms with Gasteiger partial charge < -0.3 is 9.64 Å². The molecular formula is C18H23N3O2. The maximum absolute atomic E-state index is 12.8. The number of ether oxygens (including phenoxy) is 1. The van der Waals surface area contributed by atoms with Crippen molar-refractivity contribution >= 4 is 5.91 Å². The Labute approximate surface area is 136 Å². The molecule has 1 aromatic heterocycles. The molecule has 2 aromatic rings. The fourth-order valence-electron chi connectivity index (χ4n) is 3.21. The Balaban J connectivity index is 1.81. The molecule has 1 atom stereocenters. The molecule has 1 N–H and O–H groups in total. The van der Waals surface area contributed by atoms with Crippen molar-refractivity contribution in [2.24, 2.45) is 0 Å². The molecule has 1 saturated heterocycles. The smallest absolute Gasteiger partial charge is 0.272 e. The van der Waals surface area contributed by atoms with Gasteiger partial charge in [-0.15, -0.1) is 0 Å². The monoisotopic (exact) mass is 313 g/mol. The van der Waals surface area contributed by atoms with E-state index < -0.39 is 0 Å². The summed E-state index contributed by atoms with van der Waals surface area (Å²) in [5.41, 5.74) is 2.26. The predicted octanol–water partition coefficient (Wildman–Crippen LogP) is 3.49. The van der Waals surface area contributed by atoms with Gasteiger partial charge in [-0.2, -0.15) is 5.10 Å². The van der Waals surface area contributed by atoms with Crippen LogP contribution < -0.4 is 4.74 Å². The molecule has 1 amide bonds. The highest BCUT2D eigenvalue weighted by molar-refractivity contribution is 5.93. The van der Waals surface area contributed by atoms with Crippen LogP contribution in [0.25, 0.3) is 11.3 Å². The van der Waals surface area contributed by atoms with E-state index >= 15 is 0 Å². The number of hydrogen-bond acceptors (Lipinski definition) is 3. The number of nitrogens with zero attached hydrogens (tertiary/aromatic N) is 2. The van der Waals surface area contributed by atoms with Gasteiger partial charge in [0.05, 0.1) is 12.8 Å². The fourth-order valence-corrected chi connectivity index (χ4v) is 3.21. The number of benzene rings is 1. The Hall–Kier alpha value is -2.30. The molecule has 122 valence electrons. The van der Waals surface area contributed by atoms with Crippen LogP contribution in [-0.4, -0.2) is 40.7 Å². The number of amides is 1. The first-order valence-corrected chi connectivity index (χ1v) is 8.23. The molecule has 0 unspecified atom stereocenters. The first-order chi connectivity index (χ1) is 11.2. The van der Waals surface area contributed by atoms with Gasteiger partial charge >= 0.3 is 0 Å². The van der Waals surface area contributed by atoms with E-state index in [1.165, 1.54) is 6.42 Å². The van der Waals surface area contributed by atoms with E-state index in [-0.39, 0.29) is 5.91 Å². The van der Waals surface area contributed by atoms with E-state index in [0.717, 1.165) is 42.8 Å². The quantitative estimate of drug-likeness (QED) is 0.940. The lowest BCUT2D eigenvalue weighted by Gasteiger charge is -2.34. The highest BCUT2D eigenvalue weighted by Gasteiger charge is 2.27. The van der Waals surface area contributed by atoms with Gasteiger partial charge in [0.1, 0.15) is 11.4 Å². The molecule has 0 saturated carbocycles. The van der Waals surface area contributed by atoms with E-state index in [2.05, 4.69) is 17.1 Å². The second-order valence-corrected chi connectivity index (χ2v) is 5.96. The number of methoxy groups -OCH3 is 1. The van der Waals surface area contributed by atoms with Crippen LogP contribution in [0.1, 0.15) is 43.1 Å². The molecule has 5 heteroatoms. The summed E-state index contributed by atoms with van der Waals surface area (Å²) < 4.78 is 5.24. The third-order valence-corrected chi connectivity index (χ3v) is 4.53. The van der Waals surface area contributed by atoms with E-state index in [1.807, 2.05) is 35.2 Å². The van der Waals surface area contributed by atoms with Crippen molar-refractivity contribution in [2.45, 2.75) is 38.6 Å². The fraction of sp³-hybridized carbons (Fsp3) is 0.444. The lowest BCUT2D eigenvalue weighted by atomic mass is 9.99. The molecule has 5 nitrogen and oxygen atoms in total. The summed E-state index contributed by atoms with van der Waals surface area (Å²) in [5, 5.41) is 7.20. The average molecular weight is 313 g/mol. The number of aromatic nitrogens is 2. The van der Waals surface area contributed by atoms with Gasteiger partial charge in [-0.05, 0) is 43.9 Å². The number of nitrogens with one attached hydrogen (secondary N) is 1. The summed E-state index contributed by atoms with van der Waals surface area (Å²) in [4.78, 5) is 14.8. The summed E-state index contributed by atoms with van der Waals surface area (Å²) >= 11 is 0. The van der Waals surface area contributed by atoms with Crippen molar-refractivity contribution in [3.8, 4) is 17.0 Å². The van der Waals surface area contributed by atoms with Gasteiger partial charge in [0.25, 0.3) is 5.91 Å². The summed E-state index contributed by atoms with van der Waals surface area (Å²) in [6.45, 7) is 2.98. The Morgan fingerprint density at radius 2 is 2.26 bits per heavy atom. The molecule has 0 bridgehead atoms. The van der Waals surface area contributed by atoms with Crippen LogP contribution >= 0.6 is 0 Å². The second kappa shape index (κ2) is 6.86. The zero-order valence-corrected chi connectivity index (χ0v) is 13.7. The van der Waals surface area contributed by atoms with Crippen LogP contribution in [0.3, 0.4) is 0 Å². The molecule has 1 aromatic carbocycles. The number of H-pyrrole nitrogens is 1. The molecule has 2 heterocycles. The zero-order valence-electron chi connectivity index (χ0n) is 13.7. The third kappa shape index (κ3) is 3.23. The van der Waals surface area contributed by atoms with Crippen LogP contribution in [0.4, 0.5) is 0 Å². The van der Waals surface area contributed by atoms with E-state index in [0.29, 0.717) is 11.7 Å². The van der Waals surface area contributed by atoms with Gasteiger partial charge in [-0.3, -0.25) is 9.89 Å². The summed E-state index contributed by atoms with van der Waals surface area (Å²) in [7, 11) is 1.64. The van der Waals surface area contributed by atoms with E-state index in [1.54, 1.807) is 7.11 Å². The molecule has 1 aliphatic heterocycles. The van der Waals surface area contributed by atoms with Crippen LogP contribution in [0.2, 0.25) is 0 Å². The minimum Gasteiger partial charge on any atom is -0.497 e. The lowest BCUT2D eigenvalue weighted by Crippen LogP contribution is -2.43. The first kappa shape index (κ1) is 15.6. The Kier molecular flexibility index (Phi) is 4.65. The van der Waals surface area contributed by atoms with Crippen molar-refractivity contribution in [2.75, 3.05) is 13.7 Å². The molecule has 1 fully saturated rings. The van der Waals surface area contributed by atoms with Crippen LogP contribution in [0.5, 0.6) is 5.75 Å². The average Bonchev–Trinajstić information content (AvgIpc) is 3.11. The van der Waals surface area contributed by atoms with Crippen molar-refractivity contribution in [3.63, 3.8) is 0 Å². The molecule has 1 aliphatic rings. The third-order valence-electron chi connectivity index (χ3n) is 4.53. The van der Waals surface area contributed by atoms with E-state index in [9.17, 15) is 4.79 Å². The van der Waals surface area contributed by atoms with Crippen LogP contribution in [0.15, 0.2) is 30.3 Å². The molecular weight excluding hydrogens is 290 g/mol. The van der Waals surface area contributed by atoms with Gasteiger partial charge in [-0.25, -0.2) is 0 Å². The highest BCUT2D eigenvalue weighted by Crippen LogP contribution is 2.25. The Bertz CT molecular complexity index is 680. The lowest BCUT2D eigenvalue weighted by molar-refractivity contribution is 0.0602. The number of aromatic amines is 1. The maximum atomic E-state index is 12.8. The molecule has 0 spiro atoms. The number of carbonyl (C=O) groups is 1. The number of hydrogen-bond donors (Lipinski definition) is 1. The van der Waals surface area contributed by atoms with Gasteiger partial charge in [-0.1, -0.05) is 19.1 Å². The van der Waals surface area contributed by atoms with Crippen LogP contribution in [0, 0.1) is 0 Å². The maximum Gasteiger partial charge on any atom is 0.272 e. The van der Waals surface area contributed by atoms with Gasteiger partial charge in [0.15, 0.2) is 0 Å². The van der Waals surface area contributed by atoms with Crippen molar-refractivity contribution < 1.29 is 9.53 Å². The highest BCUT2D eigenvalue weighted by atomic mass is 16.5. The van der Waals surface area contributed by atoms with Gasteiger partial charge in [0.2, 0.25) is 0 Å². The molecule has 23 heavy (non-hydrogen) atoms. The van der Waals surface area contributed by atoms with Crippen molar-refractivity contribution in [3.05, 3.63) is 36.0 Å². The minimum atomic E-state index is 0.0539. The zero-order chi connectivity index (χ0) is 16.2. The SMILES string of the molecule is CC[C@H]1CCCCN1C(=O)c1cc(-c2cccc(OC)c2)n[nH]1. The Morgan fingerprint density at radius 3 is 3.04 bits per heavy atom. The topological polar surface area (TPSA) is 58.2 Å². The number of carbonyl (C=O) groups excluding carboxylic acids is 1. The molecule has 0 aliphatic carbocycles. The normalized spacial score (nSPS) is 18.0. The molecule has 0 radical (unpaired) electrons. The van der Waals surface area contributed by atoms with Crippen LogP contribution in [-0.2, 0) is 0 Å². The summed E-state index contributed by atoms with van der Waals surface area (Å²) in [6.07, 6.45) is 4.39. The number of piperidine rings is 1. The van der Waals surface area contributed by atoms with Crippen molar-refractivity contribution in [1.82, 2.24) is 15.1 Å². The first-order valence-electron chi connectivity index (χ1n) is 8.23. The molecule has 3 rings (SSSR count). The predicted molar refractivity (Wildman–Crippen MR) is 89.5 cm³/mol. The summed E-state index contributed by atoms with van der Waals surface area (Å²) in [5.74, 6) is 0.832. The van der Waals surface area contributed by atoms with Gasteiger partial charge in [0, 0.05) is 18.2 Å². The van der Waals surface area contributed by atoms with Crippen molar-refractivity contribution in [1.29, 1.82) is 0 Å².